The highest BCUT2D eigenvalue weighted by Gasteiger charge is 2.20. The van der Waals surface area contributed by atoms with Gasteiger partial charge in [-0.1, -0.05) is 31.2 Å². The fourth-order valence-corrected chi connectivity index (χ4v) is 4.10. The minimum atomic E-state index is -0.260. The van der Waals surface area contributed by atoms with E-state index in [9.17, 15) is 14.7 Å². The number of rotatable bonds is 10. The molecule has 0 saturated carbocycles. The zero-order valence-corrected chi connectivity index (χ0v) is 19.8. The van der Waals surface area contributed by atoms with E-state index >= 15 is 0 Å². The summed E-state index contributed by atoms with van der Waals surface area (Å²) in [6.07, 6.45) is 5.00. The van der Waals surface area contributed by atoms with Crippen LogP contribution in [0.3, 0.4) is 0 Å². The second-order valence-electron chi connectivity index (χ2n) is 8.74. The first-order valence-corrected chi connectivity index (χ1v) is 12.1. The number of aryl methyl sites for hydroxylation is 2. The summed E-state index contributed by atoms with van der Waals surface area (Å²) in [7, 11) is 0. The van der Waals surface area contributed by atoms with Gasteiger partial charge in [0, 0.05) is 25.1 Å². The van der Waals surface area contributed by atoms with Crippen molar-refractivity contribution in [3.8, 4) is 5.75 Å². The van der Waals surface area contributed by atoms with Crippen LogP contribution in [0.1, 0.15) is 66.9 Å². The van der Waals surface area contributed by atoms with E-state index in [1.807, 2.05) is 61.2 Å². The van der Waals surface area contributed by atoms with Crippen LogP contribution in [0.15, 0.2) is 42.5 Å². The van der Waals surface area contributed by atoms with Crippen LogP contribution in [0.4, 0.5) is 5.69 Å². The van der Waals surface area contributed by atoms with E-state index in [-0.39, 0.29) is 17.9 Å². The van der Waals surface area contributed by atoms with Gasteiger partial charge in [0.25, 0.3) is 5.91 Å². The number of aliphatic hydroxyl groups excluding tert-OH is 1. The van der Waals surface area contributed by atoms with Gasteiger partial charge in [-0.05, 0) is 74.8 Å². The van der Waals surface area contributed by atoms with Crippen molar-refractivity contribution in [3.63, 3.8) is 0 Å². The number of likely N-dealkylation sites (tertiary alicyclic amines) is 1. The number of hydrogen-bond donors (Lipinski definition) is 2. The summed E-state index contributed by atoms with van der Waals surface area (Å²) in [5, 5.41) is 12.6. The molecule has 0 aliphatic carbocycles. The van der Waals surface area contributed by atoms with Crippen molar-refractivity contribution in [1.29, 1.82) is 0 Å². The van der Waals surface area contributed by atoms with Crippen LogP contribution in [0.5, 0.6) is 5.75 Å². The molecule has 6 nitrogen and oxygen atoms in total. The summed E-state index contributed by atoms with van der Waals surface area (Å²) in [4.78, 5) is 27.0. The number of amides is 2. The van der Waals surface area contributed by atoms with Gasteiger partial charge in [0.15, 0.2) is 0 Å². The maximum absolute atomic E-state index is 12.8. The zero-order chi connectivity index (χ0) is 23.6. The highest BCUT2D eigenvalue weighted by atomic mass is 16.5. The molecule has 2 N–H and O–H groups in total. The van der Waals surface area contributed by atoms with E-state index in [2.05, 4.69) is 5.32 Å². The lowest BCUT2D eigenvalue weighted by atomic mass is 10.0. The third kappa shape index (κ3) is 7.32. The van der Waals surface area contributed by atoms with Crippen LogP contribution < -0.4 is 10.1 Å². The summed E-state index contributed by atoms with van der Waals surface area (Å²) in [5.74, 6) is 0.712. The fraction of sp³-hybridized carbons (Fsp3) is 0.481. The van der Waals surface area contributed by atoms with Crippen molar-refractivity contribution < 1.29 is 19.4 Å². The van der Waals surface area contributed by atoms with E-state index in [1.54, 1.807) is 0 Å². The number of ether oxygens (including phenoxy) is 1. The predicted octanol–water partition coefficient (Wildman–Crippen LogP) is 4.73. The molecule has 0 aromatic heterocycles. The number of nitrogens with zero attached hydrogens (tertiary/aromatic N) is 1. The SMILES string of the molecule is CCc1ccccc1C(=O)Nc1ccc(C)cc1OCCCCCC(=O)N1CCC(O)CC1. The molecule has 2 aromatic rings. The maximum atomic E-state index is 12.8. The van der Waals surface area contributed by atoms with E-state index in [0.29, 0.717) is 56.0 Å². The average Bonchev–Trinajstić information content (AvgIpc) is 2.83. The molecule has 0 radical (unpaired) electrons. The normalized spacial score (nSPS) is 14.2. The third-order valence-electron chi connectivity index (χ3n) is 6.14. The molecule has 2 aromatic carbocycles. The molecule has 33 heavy (non-hydrogen) atoms. The summed E-state index contributed by atoms with van der Waals surface area (Å²) >= 11 is 0. The smallest absolute Gasteiger partial charge is 0.256 e. The van der Waals surface area contributed by atoms with Gasteiger partial charge in [-0.2, -0.15) is 0 Å². The monoisotopic (exact) mass is 452 g/mol. The second-order valence-corrected chi connectivity index (χ2v) is 8.74. The molecule has 1 aliphatic rings. The van der Waals surface area contributed by atoms with Crippen molar-refractivity contribution in [2.75, 3.05) is 25.0 Å². The van der Waals surface area contributed by atoms with Gasteiger partial charge in [0.05, 0.1) is 18.4 Å². The lowest BCUT2D eigenvalue weighted by Gasteiger charge is -2.29. The molecule has 0 spiro atoms. The van der Waals surface area contributed by atoms with Crippen LogP contribution in [-0.4, -0.2) is 47.6 Å². The molecule has 1 fully saturated rings. The summed E-state index contributed by atoms with van der Waals surface area (Å²) in [6.45, 7) is 5.89. The van der Waals surface area contributed by atoms with Crippen LogP contribution in [0.2, 0.25) is 0 Å². The lowest BCUT2D eigenvalue weighted by Crippen LogP contribution is -2.39. The van der Waals surface area contributed by atoms with E-state index in [1.165, 1.54) is 0 Å². The Morgan fingerprint density at radius 1 is 1.09 bits per heavy atom. The number of nitrogens with one attached hydrogen (secondary N) is 1. The largest absolute Gasteiger partial charge is 0.491 e. The lowest BCUT2D eigenvalue weighted by molar-refractivity contribution is -0.133. The second kappa shape index (κ2) is 12.4. The summed E-state index contributed by atoms with van der Waals surface area (Å²) < 4.78 is 6.01. The molecular weight excluding hydrogens is 416 g/mol. The van der Waals surface area contributed by atoms with Crippen LogP contribution >= 0.6 is 0 Å². The molecule has 1 saturated heterocycles. The Balaban J connectivity index is 1.46. The molecule has 3 rings (SSSR count). The van der Waals surface area contributed by atoms with Crippen molar-refractivity contribution in [1.82, 2.24) is 4.90 Å². The zero-order valence-electron chi connectivity index (χ0n) is 19.8. The Hall–Kier alpha value is -2.86. The minimum Gasteiger partial charge on any atom is -0.491 e. The number of anilines is 1. The number of hydrogen-bond acceptors (Lipinski definition) is 4. The molecule has 0 unspecified atom stereocenters. The topological polar surface area (TPSA) is 78.9 Å². The Morgan fingerprint density at radius 3 is 2.61 bits per heavy atom. The van der Waals surface area contributed by atoms with Crippen molar-refractivity contribution in [2.24, 2.45) is 0 Å². The highest BCUT2D eigenvalue weighted by Crippen LogP contribution is 2.27. The summed E-state index contributed by atoms with van der Waals surface area (Å²) in [5.41, 5.74) is 3.42. The molecule has 1 aliphatic heterocycles. The molecule has 0 bridgehead atoms. The number of unbranched alkanes of at least 4 members (excludes halogenated alkanes) is 2. The van der Waals surface area contributed by atoms with Gasteiger partial charge in [0.2, 0.25) is 5.91 Å². The Morgan fingerprint density at radius 2 is 1.85 bits per heavy atom. The van der Waals surface area contributed by atoms with Gasteiger partial charge < -0.3 is 20.1 Å². The Bertz CT molecular complexity index is 935. The van der Waals surface area contributed by atoms with Crippen molar-refractivity contribution >= 4 is 17.5 Å². The number of carbonyl (C=O) groups is 2. The number of piperidine rings is 1. The third-order valence-corrected chi connectivity index (χ3v) is 6.14. The standard InChI is InChI=1S/C27H36N2O4/c1-3-21-9-6-7-10-23(21)27(32)28-24-13-12-20(2)19-25(24)33-18-8-4-5-11-26(31)29-16-14-22(30)15-17-29/h6-7,9-10,12-13,19,22,30H,3-5,8,11,14-18H2,1-2H3,(H,28,32). The maximum Gasteiger partial charge on any atom is 0.256 e. The molecule has 6 heteroatoms. The average molecular weight is 453 g/mol. The van der Waals surface area contributed by atoms with Gasteiger partial charge in [-0.3, -0.25) is 9.59 Å². The number of benzene rings is 2. The molecule has 2 amide bonds. The molecular formula is C27H36N2O4. The van der Waals surface area contributed by atoms with Crippen molar-refractivity contribution in [2.45, 2.75) is 64.9 Å². The van der Waals surface area contributed by atoms with E-state index in [0.717, 1.165) is 36.8 Å². The molecule has 1 heterocycles. The predicted molar refractivity (Wildman–Crippen MR) is 131 cm³/mol. The van der Waals surface area contributed by atoms with Crippen LogP contribution in [0, 0.1) is 6.92 Å². The van der Waals surface area contributed by atoms with Crippen molar-refractivity contribution in [3.05, 3.63) is 59.2 Å². The van der Waals surface area contributed by atoms with Gasteiger partial charge >= 0.3 is 0 Å². The van der Waals surface area contributed by atoms with E-state index in [4.69, 9.17) is 4.74 Å². The Labute approximate surface area is 196 Å². The van der Waals surface area contributed by atoms with Crippen LogP contribution in [-0.2, 0) is 11.2 Å². The fourth-order valence-electron chi connectivity index (χ4n) is 4.10. The first-order valence-electron chi connectivity index (χ1n) is 12.1. The van der Waals surface area contributed by atoms with E-state index < -0.39 is 0 Å². The number of carbonyl (C=O) groups excluding carboxylic acids is 2. The molecule has 0 atom stereocenters. The molecule has 178 valence electrons. The quantitative estimate of drug-likeness (QED) is 0.511. The van der Waals surface area contributed by atoms with Crippen LogP contribution in [0.25, 0.3) is 0 Å². The van der Waals surface area contributed by atoms with Gasteiger partial charge in [-0.25, -0.2) is 0 Å². The first kappa shape index (κ1) is 24.8. The van der Waals surface area contributed by atoms with Gasteiger partial charge in [0.1, 0.15) is 5.75 Å². The highest BCUT2D eigenvalue weighted by molar-refractivity contribution is 6.06. The first-order chi connectivity index (χ1) is 16.0. The Kier molecular flexibility index (Phi) is 9.31. The van der Waals surface area contributed by atoms with Gasteiger partial charge in [-0.15, -0.1) is 0 Å². The number of aliphatic hydroxyl groups is 1. The summed E-state index contributed by atoms with van der Waals surface area (Å²) in [6, 6.07) is 13.4. The minimum absolute atomic E-state index is 0.134.